The maximum Gasteiger partial charge on any atom is 0.0122 e. The van der Waals surface area contributed by atoms with Crippen LogP contribution in [0.1, 0.15) is 60.8 Å². The van der Waals surface area contributed by atoms with Crippen molar-refractivity contribution in [3.05, 3.63) is 0 Å². The highest BCUT2D eigenvalue weighted by Crippen LogP contribution is 2.22. The first-order valence-corrected chi connectivity index (χ1v) is 5.58. The molecule has 0 aliphatic heterocycles. The monoisotopic (exact) mass is 185 g/mol. The average Bonchev–Trinajstić information content (AvgIpc) is 2.02. The van der Waals surface area contributed by atoms with Gasteiger partial charge in [-0.25, -0.2) is 0 Å². The summed E-state index contributed by atoms with van der Waals surface area (Å²) in [5.41, 5.74) is 0.742. The third-order valence-electron chi connectivity index (χ3n) is 2.86. The fraction of sp³-hybridized carbons (Fsp3) is 1.00. The Morgan fingerprint density at radius 3 is 1.92 bits per heavy atom. The Hall–Kier alpha value is -0.0400. The van der Waals surface area contributed by atoms with Gasteiger partial charge in [0.25, 0.3) is 0 Å². The smallest absolute Gasteiger partial charge is 0.0122 e. The highest BCUT2D eigenvalue weighted by Gasteiger charge is 2.21. The molecule has 0 saturated carbocycles. The van der Waals surface area contributed by atoms with Crippen LogP contribution in [0.15, 0.2) is 0 Å². The Kier molecular flexibility index (Phi) is 4.98. The summed E-state index contributed by atoms with van der Waals surface area (Å²) in [6.45, 7) is 14.8. The van der Waals surface area contributed by atoms with Gasteiger partial charge in [0.1, 0.15) is 0 Å². The van der Waals surface area contributed by atoms with Crippen LogP contribution in [-0.4, -0.2) is 12.1 Å². The maximum atomic E-state index is 3.63. The van der Waals surface area contributed by atoms with Crippen molar-refractivity contribution in [1.29, 1.82) is 0 Å². The minimum Gasteiger partial charge on any atom is -0.311 e. The Morgan fingerprint density at radius 2 is 1.54 bits per heavy atom. The van der Waals surface area contributed by atoms with Gasteiger partial charge in [-0.05, 0) is 32.1 Å². The van der Waals surface area contributed by atoms with E-state index in [2.05, 4.69) is 46.9 Å². The summed E-state index contributed by atoms with van der Waals surface area (Å²) in [5, 5.41) is 3.63. The van der Waals surface area contributed by atoms with Crippen molar-refractivity contribution in [1.82, 2.24) is 5.32 Å². The molecule has 0 aliphatic carbocycles. The Balaban J connectivity index is 3.86. The van der Waals surface area contributed by atoms with E-state index in [-0.39, 0.29) is 0 Å². The first-order chi connectivity index (χ1) is 5.83. The molecule has 0 radical (unpaired) electrons. The minimum absolute atomic E-state index is 0.297. The quantitative estimate of drug-likeness (QED) is 0.667. The van der Waals surface area contributed by atoms with Gasteiger partial charge >= 0.3 is 0 Å². The summed E-state index contributed by atoms with van der Waals surface area (Å²) < 4.78 is 0. The molecule has 0 saturated heterocycles. The molecule has 13 heavy (non-hydrogen) atoms. The maximum absolute atomic E-state index is 3.63. The molecule has 1 N–H and O–H groups in total. The molecule has 80 valence electrons. The third-order valence-corrected chi connectivity index (χ3v) is 2.86. The Bertz CT molecular complexity index is 136. The molecular weight excluding hydrogens is 158 g/mol. The van der Waals surface area contributed by atoms with E-state index in [1.165, 1.54) is 19.3 Å². The second-order valence-electron chi connectivity index (χ2n) is 5.51. The van der Waals surface area contributed by atoms with Crippen LogP contribution >= 0.6 is 0 Å². The molecule has 0 aromatic carbocycles. The van der Waals surface area contributed by atoms with Crippen molar-refractivity contribution in [3.63, 3.8) is 0 Å². The highest BCUT2D eigenvalue weighted by molar-refractivity contribution is 4.80. The summed E-state index contributed by atoms with van der Waals surface area (Å²) >= 11 is 0. The Morgan fingerprint density at radius 1 is 1.00 bits per heavy atom. The van der Waals surface area contributed by atoms with Crippen LogP contribution in [-0.2, 0) is 0 Å². The lowest BCUT2D eigenvalue weighted by Crippen LogP contribution is -2.43. The Labute approximate surface area is 84.3 Å². The number of nitrogens with one attached hydrogen (secondary N) is 1. The molecule has 0 bridgehead atoms. The van der Waals surface area contributed by atoms with Crippen LogP contribution in [0.5, 0.6) is 0 Å². The van der Waals surface area contributed by atoms with E-state index in [1.807, 2.05) is 0 Å². The topological polar surface area (TPSA) is 12.0 Å². The summed E-state index contributed by atoms with van der Waals surface area (Å²) in [6.07, 6.45) is 3.77. The molecule has 0 aromatic rings. The molecule has 1 heteroatoms. The van der Waals surface area contributed by atoms with Crippen molar-refractivity contribution in [2.45, 2.75) is 66.3 Å². The van der Waals surface area contributed by atoms with Gasteiger partial charge in [-0.1, -0.05) is 34.1 Å². The van der Waals surface area contributed by atoms with Gasteiger partial charge in [0.05, 0.1) is 0 Å². The second kappa shape index (κ2) is 4.99. The number of hydrogen-bond donors (Lipinski definition) is 1. The predicted molar refractivity (Wildman–Crippen MR) is 61.1 cm³/mol. The van der Waals surface area contributed by atoms with Crippen molar-refractivity contribution in [2.75, 3.05) is 6.54 Å². The lowest BCUT2D eigenvalue weighted by molar-refractivity contribution is 0.258. The van der Waals surface area contributed by atoms with Crippen LogP contribution in [0.25, 0.3) is 0 Å². The van der Waals surface area contributed by atoms with Gasteiger partial charge in [0.15, 0.2) is 0 Å². The van der Waals surface area contributed by atoms with Gasteiger partial charge in [-0.3, -0.25) is 0 Å². The normalized spacial score (nSPS) is 13.4. The van der Waals surface area contributed by atoms with E-state index in [4.69, 9.17) is 0 Å². The van der Waals surface area contributed by atoms with Crippen LogP contribution in [0, 0.1) is 5.41 Å². The third kappa shape index (κ3) is 6.09. The van der Waals surface area contributed by atoms with Crippen LogP contribution in [0.4, 0.5) is 0 Å². The predicted octanol–water partition coefficient (Wildman–Crippen LogP) is 3.59. The van der Waals surface area contributed by atoms with Gasteiger partial charge in [-0.2, -0.15) is 0 Å². The first-order valence-electron chi connectivity index (χ1n) is 5.58. The molecule has 0 aliphatic rings. The standard InChI is InChI=1S/C12H27N/c1-7-9-11(3,4)10-13-12(5,6)8-2/h13H,7-10H2,1-6H3. The van der Waals surface area contributed by atoms with E-state index in [1.54, 1.807) is 0 Å². The van der Waals surface area contributed by atoms with Gasteiger partial charge in [0, 0.05) is 12.1 Å². The van der Waals surface area contributed by atoms with Crippen LogP contribution in [0.2, 0.25) is 0 Å². The summed E-state index contributed by atoms with van der Waals surface area (Å²) in [7, 11) is 0. The molecule has 0 atom stereocenters. The lowest BCUT2D eigenvalue weighted by Gasteiger charge is -2.32. The fourth-order valence-corrected chi connectivity index (χ4v) is 1.37. The van der Waals surface area contributed by atoms with Crippen molar-refractivity contribution in [2.24, 2.45) is 5.41 Å². The first kappa shape index (κ1) is 13.0. The van der Waals surface area contributed by atoms with E-state index in [0.717, 1.165) is 6.54 Å². The fourth-order valence-electron chi connectivity index (χ4n) is 1.37. The highest BCUT2D eigenvalue weighted by atomic mass is 15.0. The summed E-state index contributed by atoms with van der Waals surface area (Å²) in [4.78, 5) is 0. The second-order valence-corrected chi connectivity index (χ2v) is 5.51. The molecule has 0 unspecified atom stereocenters. The molecular formula is C12H27N. The zero-order valence-electron chi connectivity index (χ0n) is 10.3. The van der Waals surface area contributed by atoms with E-state index < -0.39 is 0 Å². The van der Waals surface area contributed by atoms with E-state index in [9.17, 15) is 0 Å². The van der Waals surface area contributed by atoms with Gasteiger partial charge in [0.2, 0.25) is 0 Å². The van der Waals surface area contributed by atoms with Gasteiger partial charge < -0.3 is 5.32 Å². The van der Waals surface area contributed by atoms with Crippen LogP contribution in [0.3, 0.4) is 0 Å². The van der Waals surface area contributed by atoms with Crippen molar-refractivity contribution in [3.8, 4) is 0 Å². The van der Waals surface area contributed by atoms with Crippen molar-refractivity contribution >= 4 is 0 Å². The molecule has 0 fully saturated rings. The largest absolute Gasteiger partial charge is 0.311 e. The molecule has 0 heterocycles. The molecule has 0 aromatic heterocycles. The summed E-state index contributed by atoms with van der Waals surface area (Å²) in [5.74, 6) is 0. The van der Waals surface area contributed by atoms with Crippen molar-refractivity contribution < 1.29 is 0 Å². The number of hydrogen-bond acceptors (Lipinski definition) is 1. The molecule has 1 nitrogen and oxygen atoms in total. The van der Waals surface area contributed by atoms with E-state index in [0.29, 0.717) is 11.0 Å². The number of rotatable bonds is 6. The summed E-state index contributed by atoms with van der Waals surface area (Å²) in [6, 6.07) is 0. The zero-order valence-corrected chi connectivity index (χ0v) is 10.3. The lowest BCUT2D eigenvalue weighted by atomic mass is 9.87. The van der Waals surface area contributed by atoms with Gasteiger partial charge in [-0.15, -0.1) is 0 Å². The average molecular weight is 185 g/mol. The minimum atomic E-state index is 0.297. The van der Waals surface area contributed by atoms with Crippen LogP contribution < -0.4 is 5.32 Å². The van der Waals surface area contributed by atoms with E-state index >= 15 is 0 Å². The SMILES string of the molecule is CCCC(C)(C)CNC(C)(C)CC. The molecule has 0 spiro atoms. The molecule has 0 rings (SSSR count). The zero-order chi connectivity index (χ0) is 10.5. The molecule has 0 amide bonds.